The molecule has 2 aromatic rings. The third kappa shape index (κ3) is 2.55. The fraction of sp³-hybridized carbons (Fsp3) is 0. The maximum Gasteiger partial charge on any atom is 0.355 e. The molecule has 0 saturated carbocycles. The molecule has 0 atom stereocenters. The quantitative estimate of drug-likeness (QED) is 0.883. The molecule has 0 unspecified atom stereocenters. The summed E-state index contributed by atoms with van der Waals surface area (Å²) in [5.41, 5.74) is 1.16. The normalized spacial score (nSPS) is 10.8. The van der Waals surface area contributed by atoms with Crippen LogP contribution < -0.4 is 0 Å². The zero-order valence-corrected chi connectivity index (χ0v) is 9.15. The Hall–Kier alpha value is -1.94. The number of carbonyl (C=O) groups is 1. The molecule has 3 nitrogen and oxygen atoms in total. The second kappa shape index (κ2) is 4.72. The van der Waals surface area contributed by atoms with Gasteiger partial charge in [-0.2, -0.15) is 0 Å². The van der Waals surface area contributed by atoms with Crippen molar-refractivity contribution in [2.45, 2.75) is 0 Å². The fourth-order valence-electron chi connectivity index (χ4n) is 1.19. The predicted octanol–water partition coefficient (Wildman–Crippen LogP) is 3.01. The molecule has 1 N–H and O–H groups in total. The first-order valence-electron chi connectivity index (χ1n) is 4.67. The van der Waals surface area contributed by atoms with E-state index < -0.39 is 5.97 Å². The van der Waals surface area contributed by atoms with Gasteiger partial charge in [-0.25, -0.2) is 9.78 Å². The Labute approximate surface area is 96.7 Å². The number of aromatic carboxylic acids is 1. The minimum absolute atomic E-state index is 0.0951. The van der Waals surface area contributed by atoms with E-state index in [2.05, 4.69) is 4.98 Å². The lowest BCUT2D eigenvalue weighted by molar-refractivity contribution is 0.0691. The number of thiazole rings is 1. The highest BCUT2D eigenvalue weighted by atomic mass is 32.1. The van der Waals surface area contributed by atoms with E-state index in [9.17, 15) is 4.79 Å². The van der Waals surface area contributed by atoms with Crippen molar-refractivity contribution in [1.29, 1.82) is 0 Å². The molecule has 0 bridgehead atoms. The summed E-state index contributed by atoms with van der Waals surface area (Å²) in [5.74, 6) is -0.990. The van der Waals surface area contributed by atoms with E-state index in [1.165, 1.54) is 16.7 Å². The third-order valence-corrected chi connectivity index (χ3v) is 2.77. The number of benzene rings is 1. The number of carboxylic acid groups (broad SMARTS) is 1. The predicted molar refractivity (Wildman–Crippen MR) is 64.4 cm³/mol. The van der Waals surface area contributed by atoms with E-state index in [1.54, 1.807) is 0 Å². The van der Waals surface area contributed by atoms with Gasteiger partial charge >= 0.3 is 5.97 Å². The molecule has 2 rings (SSSR count). The van der Waals surface area contributed by atoms with Crippen molar-refractivity contribution in [2.75, 3.05) is 0 Å². The van der Waals surface area contributed by atoms with Gasteiger partial charge in [-0.3, -0.25) is 0 Å². The molecule has 0 radical (unpaired) electrons. The average Bonchev–Trinajstić information content (AvgIpc) is 2.76. The van der Waals surface area contributed by atoms with Crippen LogP contribution in [0.5, 0.6) is 0 Å². The van der Waals surface area contributed by atoms with Crippen molar-refractivity contribution in [3.8, 4) is 0 Å². The lowest BCUT2D eigenvalue weighted by atomic mass is 10.2. The summed E-state index contributed by atoms with van der Waals surface area (Å²) in [6, 6.07) is 9.79. The van der Waals surface area contributed by atoms with Gasteiger partial charge in [0.2, 0.25) is 0 Å². The largest absolute Gasteiger partial charge is 0.476 e. The van der Waals surface area contributed by atoms with E-state index >= 15 is 0 Å². The van der Waals surface area contributed by atoms with E-state index in [0.717, 1.165) is 5.56 Å². The van der Waals surface area contributed by atoms with Gasteiger partial charge in [-0.1, -0.05) is 36.4 Å². The molecule has 0 saturated heterocycles. The first-order chi connectivity index (χ1) is 7.75. The van der Waals surface area contributed by atoms with E-state index in [0.29, 0.717) is 5.01 Å². The lowest BCUT2D eigenvalue weighted by Crippen LogP contribution is -1.95. The highest BCUT2D eigenvalue weighted by molar-refractivity contribution is 7.10. The summed E-state index contributed by atoms with van der Waals surface area (Å²) in [7, 11) is 0. The summed E-state index contributed by atoms with van der Waals surface area (Å²) in [5, 5.41) is 10.9. The van der Waals surface area contributed by atoms with Gasteiger partial charge in [0.15, 0.2) is 5.69 Å². The second-order valence-corrected chi connectivity index (χ2v) is 4.01. The van der Waals surface area contributed by atoms with Crippen LogP contribution in [-0.2, 0) is 0 Å². The molecule has 0 aliphatic carbocycles. The van der Waals surface area contributed by atoms with Gasteiger partial charge in [-0.05, 0) is 11.6 Å². The van der Waals surface area contributed by atoms with Crippen LogP contribution in [0.4, 0.5) is 0 Å². The Bertz CT molecular complexity index is 517. The molecule has 0 spiro atoms. The molecule has 1 heterocycles. The molecule has 0 aliphatic rings. The van der Waals surface area contributed by atoms with Crippen molar-refractivity contribution >= 4 is 29.5 Å². The number of rotatable bonds is 3. The molecular weight excluding hydrogens is 222 g/mol. The van der Waals surface area contributed by atoms with Crippen LogP contribution in [0.2, 0.25) is 0 Å². The Balaban J connectivity index is 2.15. The number of hydrogen-bond acceptors (Lipinski definition) is 3. The van der Waals surface area contributed by atoms with Crippen LogP contribution in [0.25, 0.3) is 12.2 Å². The first-order valence-corrected chi connectivity index (χ1v) is 5.55. The summed E-state index contributed by atoms with van der Waals surface area (Å²) in [6.45, 7) is 0. The van der Waals surface area contributed by atoms with Crippen LogP contribution >= 0.6 is 11.3 Å². The van der Waals surface area contributed by atoms with Crippen molar-refractivity contribution < 1.29 is 9.90 Å². The van der Waals surface area contributed by atoms with Gasteiger partial charge in [0.05, 0.1) is 0 Å². The van der Waals surface area contributed by atoms with Crippen molar-refractivity contribution in [2.24, 2.45) is 0 Å². The van der Waals surface area contributed by atoms with Gasteiger partial charge in [-0.15, -0.1) is 11.3 Å². The van der Waals surface area contributed by atoms with Crippen molar-refractivity contribution in [3.05, 3.63) is 52.0 Å². The minimum atomic E-state index is -0.990. The van der Waals surface area contributed by atoms with Gasteiger partial charge in [0, 0.05) is 5.38 Å². The number of nitrogens with zero attached hydrogens (tertiary/aromatic N) is 1. The molecule has 1 aromatic heterocycles. The summed E-state index contributed by atoms with van der Waals surface area (Å²) in [6.07, 6.45) is 3.72. The Morgan fingerprint density at radius 1 is 1.25 bits per heavy atom. The molecule has 80 valence electrons. The molecule has 0 aliphatic heterocycles. The number of carboxylic acids is 1. The number of aromatic nitrogens is 1. The van der Waals surface area contributed by atoms with E-state index in [1.807, 2.05) is 42.5 Å². The smallest absolute Gasteiger partial charge is 0.355 e. The Morgan fingerprint density at radius 3 is 2.62 bits per heavy atom. The van der Waals surface area contributed by atoms with Crippen LogP contribution in [-0.4, -0.2) is 16.1 Å². The molecule has 16 heavy (non-hydrogen) atoms. The van der Waals surface area contributed by atoms with Crippen LogP contribution in [0.3, 0.4) is 0 Å². The average molecular weight is 231 g/mol. The van der Waals surface area contributed by atoms with Crippen molar-refractivity contribution in [1.82, 2.24) is 4.98 Å². The maximum atomic E-state index is 10.6. The summed E-state index contributed by atoms with van der Waals surface area (Å²) < 4.78 is 0. The first kappa shape index (κ1) is 10.6. The minimum Gasteiger partial charge on any atom is -0.476 e. The Morgan fingerprint density at radius 2 is 2.00 bits per heavy atom. The highest BCUT2D eigenvalue weighted by Crippen LogP contribution is 2.13. The zero-order chi connectivity index (χ0) is 11.4. The SMILES string of the molecule is O=C(O)c1csc(C=Cc2ccccc2)n1. The molecule has 1 aromatic carbocycles. The van der Waals surface area contributed by atoms with Crippen molar-refractivity contribution in [3.63, 3.8) is 0 Å². The lowest BCUT2D eigenvalue weighted by Gasteiger charge is -1.89. The molecule has 4 heteroatoms. The van der Waals surface area contributed by atoms with E-state index in [4.69, 9.17) is 5.11 Å². The van der Waals surface area contributed by atoms with Crippen LogP contribution in [0, 0.1) is 0 Å². The summed E-state index contributed by atoms with van der Waals surface area (Å²) in [4.78, 5) is 14.6. The fourth-order valence-corrected chi connectivity index (χ4v) is 1.88. The van der Waals surface area contributed by atoms with Crippen LogP contribution in [0.15, 0.2) is 35.7 Å². The van der Waals surface area contributed by atoms with Gasteiger partial charge in [0.25, 0.3) is 0 Å². The molecular formula is C12H9NO2S. The maximum absolute atomic E-state index is 10.6. The van der Waals surface area contributed by atoms with Gasteiger partial charge < -0.3 is 5.11 Å². The third-order valence-electron chi connectivity index (χ3n) is 1.96. The second-order valence-electron chi connectivity index (χ2n) is 3.12. The molecule has 0 fully saturated rings. The highest BCUT2D eigenvalue weighted by Gasteiger charge is 2.05. The van der Waals surface area contributed by atoms with Gasteiger partial charge in [0.1, 0.15) is 5.01 Å². The summed E-state index contributed by atoms with van der Waals surface area (Å²) >= 11 is 1.32. The monoisotopic (exact) mass is 231 g/mol. The Kier molecular flexibility index (Phi) is 3.12. The number of hydrogen-bond donors (Lipinski definition) is 1. The van der Waals surface area contributed by atoms with E-state index in [-0.39, 0.29) is 5.69 Å². The zero-order valence-electron chi connectivity index (χ0n) is 8.33. The standard InChI is InChI=1S/C12H9NO2S/c14-12(15)10-8-16-11(13-10)7-6-9-4-2-1-3-5-9/h1-8H,(H,14,15). The van der Waals surface area contributed by atoms with Crippen LogP contribution in [0.1, 0.15) is 21.1 Å². The molecule has 0 amide bonds. The topological polar surface area (TPSA) is 50.2 Å².